The number of benzene rings is 1. The number of carbonyl (C=O) groups is 1. The lowest BCUT2D eigenvalue weighted by Gasteiger charge is -2.21. The molecule has 0 bridgehead atoms. The smallest absolute Gasteiger partial charge is 0.417 e. The molecule has 0 heterocycles. The van der Waals surface area contributed by atoms with Crippen LogP contribution >= 0.6 is 0 Å². The highest BCUT2D eigenvalue weighted by Crippen LogP contribution is 2.39. The van der Waals surface area contributed by atoms with E-state index in [1.54, 1.807) is 0 Å². The summed E-state index contributed by atoms with van der Waals surface area (Å²) < 4.78 is 68.1. The van der Waals surface area contributed by atoms with Gasteiger partial charge < -0.3 is 4.74 Å². The largest absolute Gasteiger partial charge is 0.469 e. The van der Waals surface area contributed by atoms with Crippen molar-refractivity contribution in [3.05, 3.63) is 29.3 Å². The Labute approximate surface area is 145 Å². The molecule has 140 valence electrons. The molecule has 1 aromatic carbocycles. The Bertz CT molecular complexity index is 735. The fourth-order valence-corrected chi connectivity index (χ4v) is 4.29. The van der Waals surface area contributed by atoms with Crippen LogP contribution in [0.4, 0.5) is 13.2 Å². The van der Waals surface area contributed by atoms with Crippen LogP contribution in [0.25, 0.3) is 0 Å². The number of esters is 1. The summed E-state index contributed by atoms with van der Waals surface area (Å²) in [7, 11) is -2.85. The van der Waals surface area contributed by atoms with E-state index in [1.807, 2.05) is 0 Å². The van der Waals surface area contributed by atoms with E-state index < -0.39 is 38.4 Å². The van der Waals surface area contributed by atoms with Gasteiger partial charge >= 0.3 is 12.1 Å². The number of sulfone groups is 1. The Balaban J connectivity index is 2.48. The normalized spacial score (nSPS) is 17.5. The maximum absolute atomic E-state index is 13.3. The monoisotopic (exact) mass is 378 g/mol. The predicted molar refractivity (Wildman–Crippen MR) is 85.9 cm³/mol. The molecule has 1 aliphatic carbocycles. The van der Waals surface area contributed by atoms with Gasteiger partial charge in [0.1, 0.15) is 0 Å². The third-order valence-corrected chi connectivity index (χ3v) is 5.80. The van der Waals surface area contributed by atoms with E-state index in [-0.39, 0.29) is 11.5 Å². The fourth-order valence-electron chi connectivity index (χ4n) is 3.40. The molecule has 0 N–H and O–H groups in total. The molecular weight excluding hydrogens is 357 g/mol. The first kappa shape index (κ1) is 19.8. The van der Waals surface area contributed by atoms with Crippen molar-refractivity contribution in [3.8, 4) is 0 Å². The van der Waals surface area contributed by atoms with Gasteiger partial charge in [-0.25, -0.2) is 8.42 Å². The van der Waals surface area contributed by atoms with Crippen molar-refractivity contribution < 1.29 is 31.1 Å². The lowest BCUT2D eigenvalue weighted by molar-refractivity contribution is -0.143. The lowest BCUT2D eigenvalue weighted by Crippen LogP contribution is -2.19. The first-order valence-corrected chi connectivity index (χ1v) is 9.92. The number of carbonyl (C=O) groups excluding carboxylic acids is 1. The van der Waals surface area contributed by atoms with E-state index in [9.17, 15) is 26.4 Å². The Hall–Kier alpha value is -1.57. The molecule has 1 aromatic rings. The molecule has 1 saturated carbocycles. The molecule has 0 amide bonds. The zero-order chi connectivity index (χ0) is 18.8. The number of methoxy groups -OCH3 is 1. The third kappa shape index (κ3) is 4.74. The Morgan fingerprint density at radius 2 is 1.88 bits per heavy atom. The summed E-state index contributed by atoms with van der Waals surface area (Å²) in [6.45, 7) is 0. The zero-order valence-electron chi connectivity index (χ0n) is 14.1. The highest BCUT2D eigenvalue weighted by Gasteiger charge is 2.38. The SMILES string of the molecule is COC(=O)C(CC1CCCC1)c1ccc(S(C)(=O)=O)c(C(F)(F)F)c1. The molecule has 0 spiro atoms. The minimum absolute atomic E-state index is 0.137. The van der Waals surface area contributed by atoms with Gasteiger partial charge in [-0.1, -0.05) is 31.7 Å². The van der Waals surface area contributed by atoms with Gasteiger partial charge in [0, 0.05) is 6.26 Å². The number of hydrogen-bond donors (Lipinski definition) is 0. The summed E-state index contributed by atoms with van der Waals surface area (Å²) in [6, 6.07) is 2.98. The highest BCUT2D eigenvalue weighted by atomic mass is 32.2. The molecule has 0 aliphatic heterocycles. The summed E-state index contributed by atoms with van der Waals surface area (Å²) in [5, 5.41) is 0. The zero-order valence-corrected chi connectivity index (χ0v) is 14.9. The van der Waals surface area contributed by atoms with Crippen LogP contribution in [-0.2, 0) is 25.5 Å². The van der Waals surface area contributed by atoms with Gasteiger partial charge in [0.15, 0.2) is 9.84 Å². The van der Waals surface area contributed by atoms with E-state index in [0.29, 0.717) is 6.42 Å². The molecule has 0 aromatic heterocycles. The maximum Gasteiger partial charge on any atom is 0.417 e. The van der Waals surface area contributed by atoms with Gasteiger partial charge in [0.25, 0.3) is 0 Å². The van der Waals surface area contributed by atoms with E-state index in [0.717, 1.165) is 44.1 Å². The summed E-state index contributed by atoms with van der Waals surface area (Å²) in [5.74, 6) is -1.18. The minimum Gasteiger partial charge on any atom is -0.469 e. The molecule has 1 atom stereocenters. The van der Waals surface area contributed by atoms with Crippen molar-refractivity contribution in [1.29, 1.82) is 0 Å². The topological polar surface area (TPSA) is 60.4 Å². The number of halogens is 3. The molecule has 0 radical (unpaired) electrons. The molecule has 25 heavy (non-hydrogen) atoms. The van der Waals surface area contributed by atoms with Crippen molar-refractivity contribution in [2.75, 3.05) is 13.4 Å². The van der Waals surface area contributed by atoms with Crippen molar-refractivity contribution >= 4 is 15.8 Å². The van der Waals surface area contributed by atoms with Crippen molar-refractivity contribution in [3.63, 3.8) is 0 Å². The van der Waals surface area contributed by atoms with Gasteiger partial charge in [-0.05, 0) is 30.0 Å². The van der Waals surface area contributed by atoms with E-state index in [2.05, 4.69) is 0 Å². The summed E-state index contributed by atoms with van der Waals surface area (Å²) >= 11 is 0. The van der Waals surface area contributed by atoms with Gasteiger partial charge in [-0.15, -0.1) is 0 Å². The van der Waals surface area contributed by atoms with E-state index >= 15 is 0 Å². The molecule has 8 heteroatoms. The van der Waals surface area contributed by atoms with Gasteiger partial charge in [-0.2, -0.15) is 13.2 Å². The number of rotatable bonds is 5. The van der Waals surface area contributed by atoms with Crippen LogP contribution < -0.4 is 0 Å². The molecule has 1 fully saturated rings. The number of alkyl halides is 3. The van der Waals surface area contributed by atoms with Crippen LogP contribution in [0.2, 0.25) is 0 Å². The Morgan fingerprint density at radius 3 is 2.36 bits per heavy atom. The summed E-state index contributed by atoms with van der Waals surface area (Å²) in [6.07, 6.45) is 0.249. The maximum atomic E-state index is 13.3. The quantitative estimate of drug-likeness (QED) is 0.728. The van der Waals surface area contributed by atoms with Crippen LogP contribution in [0.15, 0.2) is 23.1 Å². The standard InChI is InChI=1S/C17H21F3O4S/c1-24-16(21)13(9-11-5-3-4-6-11)12-7-8-15(25(2,22)23)14(10-12)17(18,19)20/h7-8,10-11,13H,3-6,9H2,1-2H3. The molecule has 2 rings (SSSR count). The molecule has 1 unspecified atom stereocenters. The van der Waals surface area contributed by atoms with Crippen LogP contribution in [0.5, 0.6) is 0 Å². The number of ether oxygens (including phenoxy) is 1. The Kier molecular flexibility index (Phi) is 5.81. The minimum atomic E-state index is -4.83. The fraction of sp³-hybridized carbons (Fsp3) is 0.588. The average molecular weight is 378 g/mol. The third-order valence-electron chi connectivity index (χ3n) is 4.64. The van der Waals surface area contributed by atoms with E-state index in [4.69, 9.17) is 4.74 Å². The lowest BCUT2D eigenvalue weighted by atomic mass is 9.87. The summed E-state index contributed by atoms with van der Waals surface area (Å²) in [4.78, 5) is 11.3. The molecule has 0 saturated heterocycles. The Morgan fingerprint density at radius 1 is 1.28 bits per heavy atom. The van der Waals surface area contributed by atoms with Gasteiger partial charge in [0.2, 0.25) is 0 Å². The molecule has 4 nitrogen and oxygen atoms in total. The second-order valence-electron chi connectivity index (χ2n) is 6.49. The molecule has 1 aliphatic rings. The second-order valence-corrected chi connectivity index (χ2v) is 8.47. The van der Waals surface area contributed by atoms with Crippen LogP contribution in [-0.4, -0.2) is 27.8 Å². The number of hydrogen-bond acceptors (Lipinski definition) is 4. The predicted octanol–water partition coefficient (Wildman–Crippen LogP) is 3.95. The van der Waals surface area contributed by atoms with Crippen molar-refractivity contribution in [2.45, 2.75) is 49.1 Å². The average Bonchev–Trinajstić information content (AvgIpc) is 3.02. The first-order chi connectivity index (χ1) is 11.5. The van der Waals surface area contributed by atoms with E-state index in [1.165, 1.54) is 13.2 Å². The second kappa shape index (κ2) is 7.35. The molecular formula is C17H21F3O4S. The first-order valence-electron chi connectivity index (χ1n) is 8.03. The summed E-state index contributed by atoms with van der Waals surface area (Å²) in [5.41, 5.74) is -1.11. The van der Waals surface area contributed by atoms with Crippen LogP contribution in [0.1, 0.15) is 49.1 Å². The van der Waals surface area contributed by atoms with Crippen LogP contribution in [0, 0.1) is 5.92 Å². The van der Waals surface area contributed by atoms with Gasteiger partial charge in [0.05, 0.1) is 23.5 Å². The van der Waals surface area contributed by atoms with Gasteiger partial charge in [-0.3, -0.25) is 4.79 Å². The van der Waals surface area contributed by atoms with Crippen molar-refractivity contribution in [1.82, 2.24) is 0 Å². The van der Waals surface area contributed by atoms with Crippen LogP contribution in [0.3, 0.4) is 0 Å². The highest BCUT2D eigenvalue weighted by molar-refractivity contribution is 7.90. The van der Waals surface area contributed by atoms with Crippen molar-refractivity contribution in [2.24, 2.45) is 5.92 Å².